The molecule has 0 saturated heterocycles. The van der Waals surface area contributed by atoms with Gasteiger partial charge in [-0.05, 0) is 51.3 Å². The third kappa shape index (κ3) is 3.39. The molecule has 0 spiro atoms. The van der Waals surface area contributed by atoms with E-state index in [9.17, 15) is 4.79 Å². The number of methoxy groups -OCH3 is 2. The molecule has 25 heavy (non-hydrogen) atoms. The monoisotopic (exact) mass is 344 g/mol. The van der Waals surface area contributed by atoms with E-state index >= 15 is 0 Å². The molecule has 1 aromatic heterocycles. The van der Waals surface area contributed by atoms with Crippen molar-refractivity contribution in [1.82, 2.24) is 5.16 Å². The van der Waals surface area contributed by atoms with E-state index in [4.69, 9.17) is 14.0 Å². The lowest BCUT2D eigenvalue weighted by Gasteiger charge is -2.39. The zero-order chi connectivity index (χ0) is 18.0. The standard InChI is InChI=1S/C19H24N2O4/c1-12-18(13(2)25-21-12)15-10-14(6-7-16(15)23-3)20-17(22)11-19(24-4)8-5-9-19/h6-7,10H,5,8-9,11H2,1-4H3,(H,20,22). The fourth-order valence-corrected chi connectivity index (χ4v) is 3.37. The molecule has 1 aliphatic carbocycles. The molecule has 1 fully saturated rings. The highest BCUT2D eigenvalue weighted by atomic mass is 16.5. The number of rotatable bonds is 6. The molecule has 0 bridgehead atoms. The number of nitrogens with zero attached hydrogens (tertiary/aromatic N) is 1. The molecule has 6 heteroatoms. The van der Waals surface area contributed by atoms with Gasteiger partial charge < -0.3 is 19.3 Å². The van der Waals surface area contributed by atoms with E-state index in [1.807, 2.05) is 32.0 Å². The van der Waals surface area contributed by atoms with Crippen LogP contribution in [-0.4, -0.2) is 30.9 Å². The van der Waals surface area contributed by atoms with Crippen LogP contribution in [0.4, 0.5) is 5.69 Å². The lowest BCUT2D eigenvalue weighted by atomic mass is 9.77. The fraction of sp³-hybridized carbons (Fsp3) is 0.474. The number of anilines is 1. The summed E-state index contributed by atoms with van der Waals surface area (Å²) in [5.41, 5.74) is 2.95. The van der Waals surface area contributed by atoms with Gasteiger partial charge in [0.1, 0.15) is 11.5 Å². The van der Waals surface area contributed by atoms with Crippen LogP contribution in [-0.2, 0) is 9.53 Å². The second-order valence-electron chi connectivity index (χ2n) is 6.58. The summed E-state index contributed by atoms with van der Waals surface area (Å²) in [6.07, 6.45) is 3.35. The summed E-state index contributed by atoms with van der Waals surface area (Å²) in [6, 6.07) is 5.56. The number of benzene rings is 1. The molecule has 0 radical (unpaired) electrons. The van der Waals surface area contributed by atoms with Gasteiger partial charge in [-0.1, -0.05) is 5.16 Å². The van der Waals surface area contributed by atoms with Crippen molar-refractivity contribution < 1.29 is 18.8 Å². The fourth-order valence-electron chi connectivity index (χ4n) is 3.37. The maximum atomic E-state index is 12.4. The number of carbonyl (C=O) groups is 1. The Kier molecular flexibility index (Phi) is 4.81. The second-order valence-corrected chi connectivity index (χ2v) is 6.58. The average Bonchev–Trinajstić information content (AvgIpc) is 2.89. The highest BCUT2D eigenvalue weighted by molar-refractivity contribution is 5.93. The minimum absolute atomic E-state index is 0.0450. The molecule has 1 saturated carbocycles. The van der Waals surface area contributed by atoms with Crippen molar-refractivity contribution in [2.75, 3.05) is 19.5 Å². The zero-order valence-corrected chi connectivity index (χ0v) is 15.1. The van der Waals surface area contributed by atoms with Crippen LogP contribution >= 0.6 is 0 Å². The number of aryl methyl sites for hydroxylation is 2. The predicted molar refractivity (Wildman–Crippen MR) is 94.8 cm³/mol. The molecule has 6 nitrogen and oxygen atoms in total. The van der Waals surface area contributed by atoms with E-state index in [2.05, 4.69) is 10.5 Å². The lowest BCUT2D eigenvalue weighted by molar-refractivity contribution is -0.129. The summed E-state index contributed by atoms with van der Waals surface area (Å²) in [5.74, 6) is 1.38. The number of ether oxygens (including phenoxy) is 2. The molecule has 1 aromatic carbocycles. The number of hydrogen-bond acceptors (Lipinski definition) is 5. The van der Waals surface area contributed by atoms with Crippen LogP contribution in [0.15, 0.2) is 22.7 Å². The highest BCUT2D eigenvalue weighted by Gasteiger charge is 2.39. The first-order chi connectivity index (χ1) is 12.0. The molecule has 1 heterocycles. The van der Waals surface area contributed by atoms with Gasteiger partial charge in [-0.25, -0.2) is 0 Å². The number of nitrogens with one attached hydrogen (secondary N) is 1. The summed E-state index contributed by atoms with van der Waals surface area (Å²) >= 11 is 0. The van der Waals surface area contributed by atoms with Crippen molar-refractivity contribution in [3.63, 3.8) is 0 Å². The molecular weight excluding hydrogens is 320 g/mol. The summed E-state index contributed by atoms with van der Waals surface area (Å²) < 4.78 is 16.3. The molecule has 0 atom stereocenters. The molecule has 1 amide bonds. The third-order valence-electron chi connectivity index (χ3n) is 4.97. The molecule has 1 aliphatic rings. The van der Waals surface area contributed by atoms with Crippen LogP contribution in [0.25, 0.3) is 11.1 Å². The largest absolute Gasteiger partial charge is 0.496 e. The Hall–Kier alpha value is -2.34. The second kappa shape index (κ2) is 6.88. The van der Waals surface area contributed by atoms with E-state index in [0.717, 1.165) is 36.1 Å². The summed E-state index contributed by atoms with van der Waals surface area (Å²) in [6.45, 7) is 3.74. The molecule has 0 unspecified atom stereocenters. The topological polar surface area (TPSA) is 73.6 Å². The Bertz CT molecular complexity index is 753. The quantitative estimate of drug-likeness (QED) is 0.861. The number of aromatic nitrogens is 1. The summed E-state index contributed by atoms with van der Waals surface area (Å²) in [7, 11) is 3.30. The van der Waals surface area contributed by atoms with E-state index in [-0.39, 0.29) is 11.5 Å². The first kappa shape index (κ1) is 17.5. The van der Waals surface area contributed by atoms with Gasteiger partial charge in [0, 0.05) is 18.4 Å². The average molecular weight is 344 g/mol. The van der Waals surface area contributed by atoms with Crippen molar-refractivity contribution in [3.8, 4) is 16.9 Å². The Labute approximate surface area is 147 Å². The summed E-state index contributed by atoms with van der Waals surface area (Å²) in [5, 5.41) is 6.97. The first-order valence-corrected chi connectivity index (χ1v) is 8.44. The van der Waals surface area contributed by atoms with Crippen LogP contribution in [0.1, 0.15) is 37.1 Å². The SMILES string of the molecule is COc1ccc(NC(=O)CC2(OC)CCC2)cc1-c1c(C)noc1C. The normalized spacial score (nSPS) is 15.5. The van der Waals surface area contributed by atoms with E-state index in [0.29, 0.717) is 23.6 Å². The third-order valence-corrected chi connectivity index (χ3v) is 4.97. The minimum Gasteiger partial charge on any atom is -0.496 e. The van der Waals surface area contributed by atoms with Crippen LogP contribution in [0.5, 0.6) is 5.75 Å². The first-order valence-electron chi connectivity index (χ1n) is 8.44. The van der Waals surface area contributed by atoms with Gasteiger partial charge in [0.15, 0.2) is 0 Å². The van der Waals surface area contributed by atoms with Crippen LogP contribution in [0.2, 0.25) is 0 Å². The number of carbonyl (C=O) groups excluding carboxylic acids is 1. The zero-order valence-electron chi connectivity index (χ0n) is 15.1. The lowest BCUT2D eigenvalue weighted by Crippen LogP contribution is -2.42. The highest BCUT2D eigenvalue weighted by Crippen LogP contribution is 2.39. The van der Waals surface area contributed by atoms with Crippen molar-refractivity contribution >= 4 is 11.6 Å². The van der Waals surface area contributed by atoms with Gasteiger partial charge in [0.25, 0.3) is 0 Å². The van der Waals surface area contributed by atoms with Crippen LogP contribution in [0.3, 0.4) is 0 Å². The van der Waals surface area contributed by atoms with Gasteiger partial charge in [-0.3, -0.25) is 4.79 Å². The van der Waals surface area contributed by atoms with E-state index < -0.39 is 0 Å². The molecule has 1 N–H and O–H groups in total. The van der Waals surface area contributed by atoms with Gasteiger partial charge in [-0.15, -0.1) is 0 Å². The molecule has 3 rings (SSSR count). The van der Waals surface area contributed by atoms with Crippen molar-refractivity contribution in [1.29, 1.82) is 0 Å². The van der Waals surface area contributed by atoms with Gasteiger partial charge in [0.2, 0.25) is 5.91 Å². The van der Waals surface area contributed by atoms with Gasteiger partial charge >= 0.3 is 0 Å². The molecule has 2 aromatic rings. The van der Waals surface area contributed by atoms with Crippen molar-refractivity contribution in [2.24, 2.45) is 0 Å². The molecular formula is C19H24N2O4. The van der Waals surface area contributed by atoms with Crippen LogP contribution < -0.4 is 10.1 Å². The molecule has 134 valence electrons. The summed E-state index contributed by atoms with van der Waals surface area (Å²) in [4.78, 5) is 12.4. The Morgan fingerprint density at radius 2 is 2.08 bits per heavy atom. The number of hydrogen-bond donors (Lipinski definition) is 1. The van der Waals surface area contributed by atoms with Crippen molar-refractivity contribution in [3.05, 3.63) is 29.7 Å². The minimum atomic E-state index is -0.291. The maximum Gasteiger partial charge on any atom is 0.227 e. The molecule has 0 aliphatic heterocycles. The number of amides is 1. The predicted octanol–water partition coefficient (Wildman–Crippen LogP) is 3.86. The smallest absolute Gasteiger partial charge is 0.227 e. The van der Waals surface area contributed by atoms with E-state index in [1.165, 1.54) is 0 Å². The Morgan fingerprint density at radius 1 is 1.32 bits per heavy atom. The van der Waals surface area contributed by atoms with Crippen molar-refractivity contribution in [2.45, 2.75) is 45.1 Å². The van der Waals surface area contributed by atoms with Gasteiger partial charge in [-0.2, -0.15) is 0 Å². The van der Waals surface area contributed by atoms with E-state index in [1.54, 1.807) is 14.2 Å². The van der Waals surface area contributed by atoms with Gasteiger partial charge in [0.05, 0.1) is 30.4 Å². The Balaban J connectivity index is 1.83. The Morgan fingerprint density at radius 3 is 2.60 bits per heavy atom. The van der Waals surface area contributed by atoms with Crippen LogP contribution in [0, 0.1) is 13.8 Å². The maximum absolute atomic E-state index is 12.4.